The number of nitrogens with zero attached hydrogens (tertiary/aromatic N) is 3. The molecule has 2 aliphatic rings. The number of anilines is 1. The summed E-state index contributed by atoms with van der Waals surface area (Å²) in [7, 11) is -1.86. The first-order valence-corrected chi connectivity index (χ1v) is 11.0. The van der Waals surface area contributed by atoms with Crippen molar-refractivity contribution in [3.8, 4) is 5.75 Å². The maximum atomic E-state index is 12.8. The number of hydrogen-bond acceptors (Lipinski definition) is 6. The molecule has 1 unspecified atom stereocenters. The molecular formula is C20H25N3O4S. The number of aromatic nitrogens is 1. The molecule has 1 aromatic carbocycles. The molecule has 2 aromatic rings. The monoisotopic (exact) mass is 403 g/mol. The second-order valence-electron chi connectivity index (χ2n) is 6.99. The molecule has 1 aromatic heterocycles. The summed E-state index contributed by atoms with van der Waals surface area (Å²) in [4.78, 5) is 6.97. The maximum Gasteiger partial charge on any atom is 0.244 e. The molecule has 8 heteroatoms. The molecule has 2 saturated heterocycles. The van der Waals surface area contributed by atoms with Crippen LogP contribution in [0.1, 0.15) is 24.4 Å². The number of morpholine rings is 1. The third-order valence-corrected chi connectivity index (χ3v) is 7.26. The Hall–Kier alpha value is -2.16. The van der Waals surface area contributed by atoms with E-state index in [-0.39, 0.29) is 10.9 Å². The summed E-state index contributed by atoms with van der Waals surface area (Å²) in [6.45, 7) is 2.54. The molecule has 150 valence electrons. The van der Waals surface area contributed by atoms with E-state index in [1.54, 1.807) is 13.2 Å². The number of methoxy groups -OCH3 is 1. The maximum absolute atomic E-state index is 12.8. The van der Waals surface area contributed by atoms with Crippen molar-refractivity contribution >= 4 is 15.8 Å². The third-order valence-electron chi connectivity index (χ3n) is 5.38. The van der Waals surface area contributed by atoms with Gasteiger partial charge in [0, 0.05) is 25.8 Å². The van der Waals surface area contributed by atoms with Gasteiger partial charge in [-0.2, -0.15) is 4.31 Å². The van der Waals surface area contributed by atoms with Gasteiger partial charge < -0.3 is 14.4 Å². The first kappa shape index (κ1) is 19.2. The molecule has 0 spiro atoms. The lowest BCUT2D eigenvalue weighted by atomic mass is 10.0. The van der Waals surface area contributed by atoms with E-state index in [1.165, 1.54) is 16.1 Å². The van der Waals surface area contributed by atoms with E-state index >= 15 is 0 Å². The molecule has 7 nitrogen and oxygen atoms in total. The molecule has 0 amide bonds. The van der Waals surface area contributed by atoms with Gasteiger partial charge in [-0.25, -0.2) is 13.4 Å². The lowest BCUT2D eigenvalue weighted by Crippen LogP contribution is -2.40. The Balaban J connectivity index is 1.54. The van der Waals surface area contributed by atoms with Crippen LogP contribution in [0, 0.1) is 0 Å². The molecular weight excluding hydrogens is 378 g/mol. The second-order valence-corrected chi connectivity index (χ2v) is 8.93. The average molecular weight is 404 g/mol. The molecule has 2 fully saturated rings. The highest BCUT2D eigenvalue weighted by Crippen LogP contribution is 2.36. The lowest BCUT2D eigenvalue weighted by Gasteiger charge is -2.27. The lowest BCUT2D eigenvalue weighted by molar-refractivity contribution is 0.0730. The Morgan fingerprint density at radius 2 is 1.82 bits per heavy atom. The zero-order chi connectivity index (χ0) is 19.6. The normalized spacial score (nSPS) is 21.0. The van der Waals surface area contributed by atoms with Crippen LogP contribution in [0.3, 0.4) is 0 Å². The fourth-order valence-corrected chi connectivity index (χ4v) is 5.20. The van der Waals surface area contributed by atoms with Gasteiger partial charge in [-0.15, -0.1) is 0 Å². The van der Waals surface area contributed by atoms with E-state index in [2.05, 4.69) is 22.0 Å². The van der Waals surface area contributed by atoms with Gasteiger partial charge in [0.05, 0.1) is 26.4 Å². The van der Waals surface area contributed by atoms with Gasteiger partial charge in [-0.05, 0) is 42.7 Å². The van der Waals surface area contributed by atoms with Crippen LogP contribution < -0.4 is 9.64 Å². The predicted octanol–water partition coefficient (Wildman–Crippen LogP) is 2.45. The highest BCUT2D eigenvalue weighted by Gasteiger charge is 2.29. The van der Waals surface area contributed by atoms with Gasteiger partial charge in [0.1, 0.15) is 16.5 Å². The number of benzene rings is 1. The van der Waals surface area contributed by atoms with Crippen LogP contribution in [0.25, 0.3) is 0 Å². The minimum atomic E-state index is -3.52. The van der Waals surface area contributed by atoms with E-state index in [0.717, 1.165) is 31.0 Å². The Kier molecular flexibility index (Phi) is 5.52. The Bertz CT molecular complexity index is 894. The summed E-state index contributed by atoms with van der Waals surface area (Å²) >= 11 is 0. The Morgan fingerprint density at radius 3 is 2.46 bits per heavy atom. The van der Waals surface area contributed by atoms with Crippen LogP contribution in [0.2, 0.25) is 0 Å². The van der Waals surface area contributed by atoms with Crippen molar-refractivity contribution in [1.29, 1.82) is 0 Å². The van der Waals surface area contributed by atoms with Crippen LogP contribution in [0.4, 0.5) is 5.82 Å². The number of hydrogen-bond donors (Lipinski definition) is 0. The van der Waals surface area contributed by atoms with Gasteiger partial charge in [0.25, 0.3) is 0 Å². The molecule has 0 bridgehead atoms. The third kappa shape index (κ3) is 3.72. The van der Waals surface area contributed by atoms with Crippen molar-refractivity contribution in [2.24, 2.45) is 0 Å². The van der Waals surface area contributed by atoms with E-state index in [0.29, 0.717) is 26.3 Å². The van der Waals surface area contributed by atoms with Crippen molar-refractivity contribution in [3.05, 3.63) is 48.2 Å². The SMILES string of the molecule is COc1ccc(C2CCCN2c2ccc(S(=O)(=O)N3CCOCC3)cn2)cc1. The number of sulfonamides is 1. The smallest absolute Gasteiger partial charge is 0.244 e. The second kappa shape index (κ2) is 8.06. The largest absolute Gasteiger partial charge is 0.497 e. The Labute approximate surface area is 165 Å². The summed E-state index contributed by atoms with van der Waals surface area (Å²) in [5.41, 5.74) is 1.21. The van der Waals surface area contributed by atoms with Gasteiger partial charge in [0.2, 0.25) is 10.0 Å². The highest BCUT2D eigenvalue weighted by molar-refractivity contribution is 7.89. The van der Waals surface area contributed by atoms with Crippen LogP contribution in [0.15, 0.2) is 47.5 Å². The minimum Gasteiger partial charge on any atom is -0.497 e. The van der Waals surface area contributed by atoms with Gasteiger partial charge in [-0.3, -0.25) is 0 Å². The summed E-state index contributed by atoms with van der Waals surface area (Å²) in [5, 5.41) is 0. The van der Waals surface area contributed by atoms with Crippen molar-refractivity contribution in [2.75, 3.05) is 44.9 Å². The molecule has 3 heterocycles. The van der Waals surface area contributed by atoms with Crippen LogP contribution in [0.5, 0.6) is 5.75 Å². The van der Waals surface area contributed by atoms with Crippen LogP contribution >= 0.6 is 0 Å². The molecule has 4 rings (SSSR count). The number of pyridine rings is 1. The van der Waals surface area contributed by atoms with E-state index < -0.39 is 10.0 Å². The van der Waals surface area contributed by atoms with Crippen molar-refractivity contribution in [1.82, 2.24) is 9.29 Å². The van der Waals surface area contributed by atoms with Crippen LogP contribution in [-0.4, -0.2) is 57.7 Å². The van der Waals surface area contributed by atoms with E-state index in [1.807, 2.05) is 18.2 Å². The fourth-order valence-electron chi connectivity index (χ4n) is 3.84. The molecule has 1 atom stereocenters. The fraction of sp³-hybridized carbons (Fsp3) is 0.450. The number of ether oxygens (including phenoxy) is 2. The standard InChI is InChI=1S/C20H25N3O4S/c1-26-17-6-4-16(5-7-17)19-3-2-10-23(19)20-9-8-18(15-21-20)28(24,25)22-11-13-27-14-12-22/h4-9,15,19H,2-3,10-14H2,1H3. The summed E-state index contributed by atoms with van der Waals surface area (Å²) in [6, 6.07) is 11.8. The van der Waals surface area contributed by atoms with Gasteiger partial charge >= 0.3 is 0 Å². The van der Waals surface area contributed by atoms with Gasteiger partial charge in [-0.1, -0.05) is 12.1 Å². The van der Waals surface area contributed by atoms with Crippen LogP contribution in [-0.2, 0) is 14.8 Å². The summed E-state index contributed by atoms with van der Waals surface area (Å²) in [5.74, 6) is 1.64. The first-order valence-electron chi connectivity index (χ1n) is 9.54. The van der Waals surface area contributed by atoms with Crippen molar-refractivity contribution in [2.45, 2.75) is 23.8 Å². The first-order chi connectivity index (χ1) is 13.6. The molecule has 28 heavy (non-hydrogen) atoms. The van der Waals surface area contributed by atoms with E-state index in [4.69, 9.17) is 9.47 Å². The molecule has 0 aliphatic carbocycles. The van der Waals surface area contributed by atoms with E-state index in [9.17, 15) is 8.42 Å². The van der Waals surface area contributed by atoms with Crippen molar-refractivity contribution < 1.29 is 17.9 Å². The molecule has 0 N–H and O–H groups in total. The Morgan fingerprint density at radius 1 is 1.07 bits per heavy atom. The number of rotatable bonds is 5. The summed E-state index contributed by atoms with van der Waals surface area (Å²) in [6.07, 6.45) is 3.59. The predicted molar refractivity (Wildman–Crippen MR) is 106 cm³/mol. The average Bonchev–Trinajstić information content (AvgIpc) is 3.24. The molecule has 0 radical (unpaired) electrons. The summed E-state index contributed by atoms with van der Waals surface area (Å²) < 4.78 is 37.5. The van der Waals surface area contributed by atoms with Crippen molar-refractivity contribution in [3.63, 3.8) is 0 Å². The zero-order valence-electron chi connectivity index (χ0n) is 16.0. The highest BCUT2D eigenvalue weighted by atomic mass is 32.2. The molecule has 2 aliphatic heterocycles. The topological polar surface area (TPSA) is 72.0 Å². The van der Waals surface area contributed by atoms with Gasteiger partial charge in [0.15, 0.2) is 0 Å². The minimum absolute atomic E-state index is 0.235. The molecule has 0 saturated carbocycles. The quantitative estimate of drug-likeness (QED) is 0.764. The zero-order valence-corrected chi connectivity index (χ0v) is 16.8.